The van der Waals surface area contributed by atoms with E-state index in [0.29, 0.717) is 11.3 Å². The van der Waals surface area contributed by atoms with Gasteiger partial charge in [-0.15, -0.1) is 0 Å². The molecule has 2 aromatic rings. The first-order valence-corrected chi connectivity index (χ1v) is 10.8. The Kier molecular flexibility index (Phi) is 5.61. The molecule has 11 heteroatoms. The summed E-state index contributed by atoms with van der Waals surface area (Å²) in [7, 11) is 0. The van der Waals surface area contributed by atoms with Crippen LogP contribution in [0.25, 0.3) is 0 Å². The molecule has 178 valence electrons. The zero-order valence-corrected chi connectivity index (χ0v) is 18.1. The van der Waals surface area contributed by atoms with Crippen LogP contribution in [0.5, 0.6) is 0 Å². The van der Waals surface area contributed by atoms with Crippen molar-refractivity contribution in [2.24, 2.45) is 4.99 Å². The number of amides is 1. The molecule has 0 unspecified atom stereocenters. The Morgan fingerprint density at radius 3 is 2.74 bits per heavy atom. The number of carbonyl (C=O) groups excluding carboxylic acids is 1. The molecule has 34 heavy (non-hydrogen) atoms. The molecule has 0 radical (unpaired) electrons. The van der Waals surface area contributed by atoms with Gasteiger partial charge in [-0.3, -0.25) is 9.79 Å². The fraction of sp³-hybridized carbons (Fsp3) is 0.391. The Bertz CT molecular complexity index is 1220. The molecule has 3 N–H and O–H groups in total. The van der Waals surface area contributed by atoms with Crippen LogP contribution < -0.4 is 5.32 Å². The van der Waals surface area contributed by atoms with Crippen molar-refractivity contribution in [3.63, 3.8) is 0 Å². The number of nitrogens with zero attached hydrogens (tertiary/aromatic N) is 4. The van der Waals surface area contributed by atoms with Gasteiger partial charge in [-0.25, -0.2) is 23.1 Å². The predicted octanol–water partition coefficient (Wildman–Crippen LogP) is 1.75. The Morgan fingerprint density at radius 2 is 2.00 bits per heavy atom. The normalized spacial score (nSPS) is 27.8. The van der Waals surface area contributed by atoms with E-state index in [2.05, 4.69) is 20.3 Å². The molecule has 8 nitrogen and oxygen atoms in total. The Labute approximate surface area is 192 Å². The fourth-order valence-corrected chi connectivity index (χ4v) is 4.72. The topological polar surface area (TPSA) is 111 Å². The molecule has 1 aromatic carbocycles. The summed E-state index contributed by atoms with van der Waals surface area (Å²) in [4.78, 5) is 27.5. The second-order valence-electron chi connectivity index (χ2n) is 8.65. The van der Waals surface area contributed by atoms with Gasteiger partial charge in [0.1, 0.15) is 47.9 Å². The smallest absolute Gasteiger partial charge is 0.273 e. The lowest BCUT2D eigenvalue weighted by molar-refractivity contribution is -0.125. The van der Waals surface area contributed by atoms with Gasteiger partial charge >= 0.3 is 0 Å². The number of rotatable bonds is 4. The number of carbonyl (C=O) groups is 1. The standard InChI is InChI=1S/C23H22F3N5O3/c1-10-13(4-11(24)5-14(10)26)17-6-12(25)8-31(17)23(34)20-19-16(7-27-20)28-9-29-22(19)30-15-2-3-18(32)21(15)33/h2-5,9,12,15,17-18,21,32-33H,6-8H2,1H3,(H,28,29,30)/t12-,15+,17+,18+,21-/m0/s1. The highest BCUT2D eigenvalue weighted by molar-refractivity contribution is 6.47. The number of hydrogen-bond acceptors (Lipinski definition) is 7. The van der Waals surface area contributed by atoms with Crippen LogP contribution in [-0.4, -0.2) is 67.7 Å². The summed E-state index contributed by atoms with van der Waals surface area (Å²) >= 11 is 0. The number of halogens is 3. The minimum Gasteiger partial charge on any atom is -0.388 e. The van der Waals surface area contributed by atoms with E-state index in [9.17, 15) is 28.2 Å². The van der Waals surface area contributed by atoms with Crippen LogP contribution >= 0.6 is 0 Å². The molecule has 5 atom stereocenters. The van der Waals surface area contributed by atoms with Crippen molar-refractivity contribution in [3.8, 4) is 0 Å². The number of aliphatic hydroxyl groups excluding tert-OH is 2. The molecule has 3 heterocycles. The van der Waals surface area contributed by atoms with Crippen LogP contribution in [0.1, 0.15) is 34.8 Å². The minimum absolute atomic E-state index is 0.00347. The van der Waals surface area contributed by atoms with Gasteiger partial charge in [-0.05, 0) is 24.1 Å². The molecular formula is C23H22F3N5O3. The van der Waals surface area contributed by atoms with Gasteiger partial charge in [0.15, 0.2) is 0 Å². The van der Waals surface area contributed by atoms with Crippen molar-refractivity contribution in [3.05, 3.63) is 64.6 Å². The van der Waals surface area contributed by atoms with E-state index in [-0.39, 0.29) is 42.2 Å². The molecule has 1 fully saturated rings. The van der Waals surface area contributed by atoms with Gasteiger partial charge in [-0.2, -0.15) is 0 Å². The Balaban J connectivity index is 1.47. The Hall–Kier alpha value is -3.31. The fourth-order valence-electron chi connectivity index (χ4n) is 4.72. The minimum atomic E-state index is -1.37. The lowest BCUT2D eigenvalue weighted by Crippen LogP contribution is -2.38. The van der Waals surface area contributed by atoms with Crippen molar-refractivity contribution in [1.82, 2.24) is 14.9 Å². The molecule has 1 aromatic heterocycles. The SMILES string of the molecule is Cc1c(F)cc(F)cc1[C@H]1C[C@H](F)CN1C(=O)C1=NCc2ncnc(N[C@@H]3C=C[C@@H](O)[C@H]3O)c21. The third-order valence-corrected chi connectivity index (χ3v) is 6.51. The number of hydrogen-bond donors (Lipinski definition) is 3. The summed E-state index contributed by atoms with van der Waals surface area (Å²) < 4.78 is 42.7. The summed E-state index contributed by atoms with van der Waals surface area (Å²) in [6.07, 6.45) is 0.715. The number of alkyl halides is 1. The first-order chi connectivity index (χ1) is 16.2. The number of benzene rings is 1. The summed E-state index contributed by atoms with van der Waals surface area (Å²) in [5.74, 6) is -1.94. The van der Waals surface area contributed by atoms with Gasteiger partial charge in [0, 0.05) is 12.5 Å². The molecule has 1 aliphatic carbocycles. The van der Waals surface area contributed by atoms with Crippen LogP contribution in [0.3, 0.4) is 0 Å². The van der Waals surface area contributed by atoms with Gasteiger partial charge in [0.25, 0.3) is 5.91 Å². The first kappa shape index (κ1) is 22.5. The van der Waals surface area contributed by atoms with E-state index < -0.39 is 48.0 Å². The van der Waals surface area contributed by atoms with Crippen LogP contribution in [0.2, 0.25) is 0 Å². The van der Waals surface area contributed by atoms with Crippen molar-refractivity contribution >= 4 is 17.4 Å². The van der Waals surface area contributed by atoms with Crippen LogP contribution in [0.15, 0.2) is 35.6 Å². The zero-order chi connectivity index (χ0) is 24.1. The molecule has 0 spiro atoms. The van der Waals surface area contributed by atoms with Crippen molar-refractivity contribution in [2.75, 3.05) is 11.9 Å². The molecular weight excluding hydrogens is 451 g/mol. The predicted molar refractivity (Wildman–Crippen MR) is 116 cm³/mol. The number of aromatic nitrogens is 2. The number of aliphatic hydroxyl groups is 2. The average molecular weight is 473 g/mol. The average Bonchev–Trinajstić information content (AvgIpc) is 3.49. The lowest BCUT2D eigenvalue weighted by atomic mass is 9.97. The van der Waals surface area contributed by atoms with Gasteiger partial charge in [-0.1, -0.05) is 12.2 Å². The summed E-state index contributed by atoms with van der Waals surface area (Å²) in [5.41, 5.74) is 1.15. The van der Waals surface area contributed by atoms with E-state index in [1.54, 1.807) is 6.08 Å². The van der Waals surface area contributed by atoms with Gasteiger partial charge in [0.05, 0.1) is 36.4 Å². The summed E-state index contributed by atoms with van der Waals surface area (Å²) in [6, 6.07) is 0.359. The molecule has 1 amide bonds. The molecule has 0 bridgehead atoms. The highest BCUT2D eigenvalue weighted by Gasteiger charge is 2.41. The quantitative estimate of drug-likeness (QED) is 0.584. The molecule has 0 saturated carbocycles. The molecule has 5 rings (SSSR count). The highest BCUT2D eigenvalue weighted by Crippen LogP contribution is 2.38. The molecule has 2 aliphatic heterocycles. The second-order valence-corrected chi connectivity index (χ2v) is 8.65. The van der Waals surface area contributed by atoms with Crippen molar-refractivity contribution in [2.45, 2.75) is 50.4 Å². The third-order valence-electron chi connectivity index (χ3n) is 6.51. The number of nitrogens with one attached hydrogen (secondary N) is 1. The third kappa shape index (κ3) is 3.74. The van der Waals surface area contributed by atoms with Gasteiger partial charge < -0.3 is 20.4 Å². The molecule has 1 saturated heterocycles. The van der Waals surface area contributed by atoms with Gasteiger partial charge in [0.2, 0.25) is 0 Å². The van der Waals surface area contributed by atoms with Crippen LogP contribution in [-0.2, 0) is 11.3 Å². The van der Waals surface area contributed by atoms with E-state index in [1.807, 2.05) is 0 Å². The van der Waals surface area contributed by atoms with Crippen LogP contribution in [0.4, 0.5) is 19.0 Å². The maximum absolute atomic E-state index is 14.5. The maximum Gasteiger partial charge on any atom is 0.273 e. The summed E-state index contributed by atoms with van der Waals surface area (Å²) in [5, 5.41) is 22.9. The monoisotopic (exact) mass is 473 g/mol. The largest absolute Gasteiger partial charge is 0.388 e. The Morgan fingerprint density at radius 1 is 1.21 bits per heavy atom. The maximum atomic E-state index is 14.5. The second kappa shape index (κ2) is 8.48. The van der Waals surface area contributed by atoms with Crippen molar-refractivity contribution in [1.29, 1.82) is 0 Å². The highest BCUT2D eigenvalue weighted by atomic mass is 19.1. The zero-order valence-electron chi connectivity index (χ0n) is 18.1. The van der Waals surface area contributed by atoms with E-state index in [1.165, 1.54) is 24.2 Å². The van der Waals surface area contributed by atoms with Crippen molar-refractivity contribution < 1.29 is 28.2 Å². The first-order valence-electron chi connectivity index (χ1n) is 10.8. The lowest BCUT2D eigenvalue weighted by Gasteiger charge is -2.27. The van der Waals surface area contributed by atoms with E-state index >= 15 is 0 Å². The summed E-state index contributed by atoms with van der Waals surface area (Å²) in [6.45, 7) is 1.32. The number of anilines is 1. The van der Waals surface area contributed by atoms with Crippen LogP contribution in [0, 0.1) is 18.6 Å². The number of fused-ring (bicyclic) bond motifs is 1. The molecule has 3 aliphatic rings. The van der Waals surface area contributed by atoms with E-state index in [4.69, 9.17) is 0 Å². The number of aliphatic imine (C=N–C) groups is 1. The number of likely N-dealkylation sites (tertiary alicyclic amines) is 1. The van der Waals surface area contributed by atoms with E-state index in [0.717, 1.165) is 12.1 Å².